The van der Waals surface area contributed by atoms with Crippen molar-refractivity contribution in [2.24, 2.45) is 0 Å². The van der Waals surface area contributed by atoms with E-state index in [1.54, 1.807) is 0 Å². The van der Waals surface area contributed by atoms with Gasteiger partial charge in [-0.2, -0.15) is 0 Å². The van der Waals surface area contributed by atoms with Crippen molar-refractivity contribution < 1.29 is 10.3 Å². The fourth-order valence-corrected chi connectivity index (χ4v) is 0. The SMILES string of the molecule is O=[N+]([O-])O.[InH3]. The van der Waals surface area contributed by atoms with E-state index in [0.717, 1.165) is 0 Å². The molecule has 0 aliphatic rings. The van der Waals surface area contributed by atoms with Crippen LogP contribution in [0.1, 0.15) is 0 Å². The molecule has 30 valence electrons. The summed E-state index contributed by atoms with van der Waals surface area (Å²) >= 11 is 0. The molecular weight excluding hydrogens is 177 g/mol. The van der Waals surface area contributed by atoms with Crippen LogP contribution in [0.4, 0.5) is 0 Å². The summed E-state index contributed by atoms with van der Waals surface area (Å²) in [7, 11) is 0. The fraction of sp³-hybridized carbons (Fsp3) is 0. The Hall–Kier alpha value is 0.0701. The van der Waals surface area contributed by atoms with Gasteiger partial charge in [-0.05, 0) is 0 Å². The molecule has 0 saturated carbocycles. The van der Waals surface area contributed by atoms with Gasteiger partial charge in [0.2, 0.25) is 0 Å². The first-order valence-electron chi connectivity index (χ1n) is 0.565. The summed E-state index contributed by atoms with van der Waals surface area (Å²) < 4.78 is 0. The predicted octanol–water partition coefficient (Wildman–Crippen LogP) is -1.53. The third-order valence-corrected chi connectivity index (χ3v) is 0. The average Bonchev–Trinajstić information content (AvgIpc) is 0.811. The third kappa shape index (κ3) is 3550. The number of nitrogens with zero attached hydrogens (tertiary/aromatic N) is 1. The molecule has 0 amide bonds. The Kier molecular flexibility index (Phi) is 7.25. The summed E-state index contributed by atoms with van der Waals surface area (Å²) in [5.74, 6) is 0. The second-order valence-electron chi connectivity index (χ2n) is 0.238. The van der Waals surface area contributed by atoms with Crippen molar-refractivity contribution in [2.75, 3.05) is 0 Å². The first-order valence-corrected chi connectivity index (χ1v) is 0.565. The van der Waals surface area contributed by atoms with E-state index in [4.69, 9.17) is 15.3 Å². The normalized spacial score (nSPS) is 4.80. The van der Waals surface area contributed by atoms with Gasteiger partial charge in [-0.1, -0.05) is 0 Å². The van der Waals surface area contributed by atoms with Gasteiger partial charge in [0.1, 0.15) is 0 Å². The molecule has 0 aromatic heterocycles. The molecule has 0 aliphatic carbocycles. The van der Waals surface area contributed by atoms with Crippen LogP contribution >= 0.6 is 0 Å². The van der Waals surface area contributed by atoms with Crippen LogP contribution in [0.25, 0.3) is 0 Å². The summed E-state index contributed by atoms with van der Waals surface area (Å²) in [6, 6.07) is 0. The zero-order chi connectivity index (χ0) is 3.58. The third-order valence-electron chi connectivity index (χ3n) is 0. The van der Waals surface area contributed by atoms with Crippen LogP contribution in [0, 0.1) is 10.1 Å². The predicted molar refractivity (Wildman–Crippen MR) is 18.7 cm³/mol. The van der Waals surface area contributed by atoms with E-state index >= 15 is 0 Å². The van der Waals surface area contributed by atoms with Crippen molar-refractivity contribution in [3.05, 3.63) is 10.1 Å². The molecule has 0 heterocycles. The van der Waals surface area contributed by atoms with Gasteiger partial charge >= 0.3 is 25.8 Å². The summed E-state index contributed by atoms with van der Waals surface area (Å²) in [5.41, 5.74) is 0. The second-order valence-corrected chi connectivity index (χ2v) is 0.238. The molecule has 4 nitrogen and oxygen atoms in total. The van der Waals surface area contributed by atoms with Gasteiger partial charge in [-0.3, -0.25) is 0 Å². The molecule has 5 heavy (non-hydrogen) atoms. The maximum absolute atomic E-state index is 8.36. The van der Waals surface area contributed by atoms with E-state index in [2.05, 4.69) is 0 Å². The van der Waals surface area contributed by atoms with E-state index in [1.807, 2.05) is 0 Å². The average molecular weight is 181 g/mol. The Bertz CT molecular complexity index is 29.9. The molecule has 0 bridgehead atoms. The zero-order valence-electron chi connectivity index (χ0n) is 1.71. The molecule has 0 aromatic rings. The van der Waals surface area contributed by atoms with E-state index in [-0.39, 0.29) is 25.8 Å². The Balaban J connectivity index is 0. The molecule has 0 saturated heterocycles. The Morgan fingerprint density at radius 2 is 1.80 bits per heavy atom. The molecular formula is H4InNO3. The summed E-state index contributed by atoms with van der Waals surface area (Å²) in [6.45, 7) is 0. The standard InChI is InChI=1S/In.HNO3.3H/c;2-1(3)4;;;/h;(H,2,3,4);;;. The van der Waals surface area contributed by atoms with Gasteiger partial charge in [-0.15, -0.1) is 10.1 Å². The molecule has 0 spiro atoms. The minimum absolute atomic E-state index is 0. The topological polar surface area (TPSA) is 63.4 Å². The Morgan fingerprint density at radius 3 is 1.80 bits per heavy atom. The van der Waals surface area contributed by atoms with Crippen LogP contribution in [0.3, 0.4) is 0 Å². The van der Waals surface area contributed by atoms with Crippen LogP contribution in [0.15, 0.2) is 0 Å². The molecule has 0 aliphatic heterocycles. The number of hydrogen-bond acceptors (Lipinski definition) is 2. The van der Waals surface area contributed by atoms with Gasteiger partial charge < -0.3 is 5.21 Å². The van der Waals surface area contributed by atoms with Crippen molar-refractivity contribution in [1.29, 1.82) is 0 Å². The molecule has 0 atom stereocenters. The van der Waals surface area contributed by atoms with Crippen molar-refractivity contribution in [3.8, 4) is 0 Å². The van der Waals surface area contributed by atoms with Crippen molar-refractivity contribution in [1.82, 2.24) is 0 Å². The van der Waals surface area contributed by atoms with Crippen LogP contribution in [0.5, 0.6) is 0 Å². The van der Waals surface area contributed by atoms with Gasteiger partial charge in [0.25, 0.3) is 5.09 Å². The summed E-state index contributed by atoms with van der Waals surface area (Å²) in [5, 5.41) is 13.6. The second kappa shape index (κ2) is 4.07. The minimum atomic E-state index is -1.50. The molecule has 0 rings (SSSR count). The molecule has 0 radical (unpaired) electrons. The van der Waals surface area contributed by atoms with E-state index < -0.39 is 5.09 Å². The zero-order valence-corrected chi connectivity index (χ0v) is 1.71. The van der Waals surface area contributed by atoms with E-state index in [9.17, 15) is 0 Å². The van der Waals surface area contributed by atoms with Gasteiger partial charge in [-0.25, -0.2) is 0 Å². The van der Waals surface area contributed by atoms with E-state index in [0.29, 0.717) is 0 Å². The number of hydrogen-bond donors (Lipinski definition) is 1. The van der Waals surface area contributed by atoms with Crippen LogP contribution in [-0.2, 0) is 0 Å². The quantitative estimate of drug-likeness (QED) is 0.364. The summed E-state index contributed by atoms with van der Waals surface area (Å²) in [4.78, 5) is 8.36. The fourth-order valence-electron chi connectivity index (χ4n) is 0. The van der Waals surface area contributed by atoms with Crippen LogP contribution in [0.2, 0.25) is 0 Å². The summed E-state index contributed by atoms with van der Waals surface area (Å²) in [6.07, 6.45) is 0. The Morgan fingerprint density at radius 1 is 1.80 bits per heavy atom. The first kappa shape index (κ1) is 8.91. The molecule has 0 aromatic carbocycles. The van der Waals surface area contributed by atoms with Gasteiger partial charge in [0.15, 0.2) is 0 Å². The molecule has 0 fully saturated rings. The van der Waals surface area contributed by atoms with E-state index in [1.165, 1.54) is 0 Å². The first-order chi connectivity index (χ1) is 1.73. The molecule has 5 heteroatoms. The Labute approximate surface area is 46.7 Å². The van der Waals surface area contributed by atoms with Crippen LogP contribution in [-0.4, -0.2) is 36.1 Å². The van der Waals surface area contributed by atoms with Crippen molar-refractivity contribution >= 4 is 25.8 Å². The maximum atomic E-state index is 8.36. The van der Waals surface area contributed by atoms with Crippen LogP contribution < -0.4 is 0 Å². The number of rotatable bonds is 0. The molecule has 1 N–H and O–H groups in total. The van der Waals surface area contributed by atoms with Crippen molar-refractivity contribution in [3.63, 3.8) is 0 Å². The van der Waals surface area contributed by atoms with Crippen molar-refractivity contribution in [2.45, 2.75) is 0 Å². The van der Waals surface area contributed by atoms with Gasteiger partial charge in [0, 0.05) is 0 Å². The van der Waals surface area contributed by atoms with Gasteiger partial charge in [0.05, 0.1) is 0 Å². The molecule has 0 unspecified atom stereocenters. The monoisotopic (exact) mass is 181 g/mol.